The van der Waals surface area contributed by atoms with E-state index in [9.17, 15) is 13.2 Å². The van der Waals surface area contributed by atoms with Gasteiger partial charge in [-0.05, 0) is 87.8 Å². The molecule has 2 aromatic rings. The summed E-state index contributed by atoms with van der Waals surface area (Å²) in [6.45, 7) is 11.2. The Kier molecular flexibility index (Phi) is 11.1. The van der Waals surface area contributed by atoms with E-state index in [2.05, 4.69) is 33.3 Å². The molecule has 1 aromatic heterocycles. The third-order valence-corrected chi connectivity index (χ3v) is 7.94. The van der Waals surface area contributed by atoms with E-state index in [1.54, 1.807) is 25.1 Å². The highest BCUT2D eigenvalue weighted by Crippen LogP contribution is 2.46. The molecule has 2 atom stereocenters. The number of halogens is 3. The van der Waals surface area contributed by atoms with Crippen molar-refractivity contribution in [1.82, 2.24) is 0 Å². The monoisotopic (exact) mass is 502 g/mol. The summed E-state index contributed by atoms with van der Waals surface area (Å²) in [7, 11) is 0. The van der Waals surface area contributed by atoms with Crippen molar-refractivity contribution in [3.8, 4) is 5.75 Å². The Morgan fingerprint density at radius 2 is 1.85 bits per heavy atom. The van der Waals surface area contributed by atoms with Crippen LogP contribution >= 0.6 is 24.2 Å². The third-order valence-electron chi connectivity index (χ3n) is 6.43. The van der Waals surface area contributed by atoms with Gasteiger partial charge in [-0.3, -0.25) is 0 Å². The summed E-state index contributed by atoms with van der Waals surface area (Å²) < 4.78 is 54.4. The first-order chi connectivity index (χ1) is 15.7. The number of fused-ring (bicyclic) bond motifs is 1. The number of ether oxygens (including phenoxy) is 1. The van der Waals surface area contributed by atoms with Gasteiger partial charge in [0.2, 0.25) is 0 Å². The van der Waals surface area contributed by atoms with Gasteiger partial charge < -0.3 is 8.92 Å². The van der Waals surface area contributed by atoms with Crippen LogP contribution in [0.2, 0.25) is 0 Å². The smallest absolute Gasteiger partial charge is 0.358 e. The predicted octanol–water partition coefficient (Wildman–Crippen LogP) is 9.55. The Bertz CT molecular complexity index is 876. The van der Waals surface area contributed by atoms with E-state index < -0.39 is 23.9 Å². The van der Waals surface area contributed by atoms with Crippen molar-refractivity contribution >= 4 is 34.3 Å². The van der Waals surface area contributed by atoms with Crippen LogP contribution in [0.15, 0.2) is 30.9 Å². The Hall–Kier alpha value is -1.18. The van der Waals surface area contributed by atoms with Crippen LogP contribution < -0.4 is 4.18 Å². The summed E-state index contributed by atoms with van der Waals surface area (Å²) in [5, 5.41) is 0.813. The van der Waals surface area contributed by atoms with E-state index in [0.29, 0.717) is 42.7 Å². The lowest BCUT2D eigenvalue weighted by molar-refractivity contribution is -0.295. The van der Waals surface area contributed by atoms with Crippen molar-refractivity contribution in [3.05, 3.63) is 41.5 Å². The van der Waals surface area contributed by atoms with E-state index in [-0.39, 0.29) is 11.7 Å². The maximum Gasteiger partial charge on any atom is 0.358 e. The summed E-state index contributed by atoms with van der Waals surface area (Å²) in [6, 6.07) is 5.33. The van der Waals surface area contributed by atoms with Crippen molar-refractivity contribution in [2.75, 3.05) is 0 Å². The van der Waals surface area contributed by atoms with E-state index in [1.165, 1.54) is 11.3 Å². The number of thiol groups is 1. The highest BCUT2D eigenvalue weighted by Gasteiger charge is 2.44. The first kappa shape index (κ1) is 28.1. The molecule has 1 aliphatic carbocycles. The lowest BCUT2D eigenvalue weighted by atomic mass is 9.80. The molecule has 0 amide bonds. The Balaban J connectivity index is 0.00000122. The van der Waals surface area contributed by atoms with Gasteiger partial charge in [0.25, 0.3) is 0 Å². The van der Waals surface area contributed by atoms with Gasteiger partial charge in [-0.25, -0.2) is 4.39 Å². The molecule has 2 unspecified atom stereocenters. The van der Waals surface area contributed by atoms with Crippen LogP contribution in [0.5, 0.6) is 5.75 Å². The fourth-order valence-corrected chi connectivity index (χ4v) is 5.60. The summed E-state index contributed by atoms with van der Waals surface area (Å²) in [6.07, 6.45) is 2.98. The highest BCUT2D eigenvalue weighted by atomic mass is 32.1. The van der Waals surface area contributed by atoms with Crippen LogP contribution in [0.3, 0.4) is 0 Å². The van der Waals surface area contributed by atoms with Crippen molar-refractivity contribution in [3.63, 3.8) is 0 Å². The molecule has 33 heavy (non-hydrogen) atoms. The lowest BCUT2D eigenvalue weighted by Crippen LogP contribution is -2.37. The van der Waals surface area contributed by atoms with E-state index >= 15 is 0 Å². The largest absolute Gasteiger partial charge is 0.426 e. The van der Waals surface area contributed by atoms with Gasteiger partial charge in [-0.15, -0.1) is 17.9 Å². The fraction of sp³-hybridized carbons (Fsp3) is 0.615. The van der Waals surface area contributed by atoms with Gasteiger partial charge in [-0.2, -0.15) is 8.78 Å². The number of alkyl halides is 2. The van der Waals surface area contributed by atoms with Crippen LogP contribution in [0, 0.1) is 17.7 Å². The molecule has 0 aliphatic heterocycles. The highest BCUT2D eigenvalue weighted by molar-refractivity contribution is 7.75. The summed E-state index contributed by atoms with van der Waals surface area (Å²) in [5.74, 6) is -0.366. The number of thiophene rings is 1. The van der Waals surface area contributed by atoms with Crippen molar-refractivity contribution in [2.24, 2.45) is 11.8 Å². The summed E-state index contributed by atoms with van der Waals surface area (Å²) >= 11 is 5.07. The Labute approximate surface area is 206 Å². The molecule has 186 valence electrons. The zero-order valence-electron chi connectivity index (χ0n) is 20.1. The molecular weight excluding hydrogens is 465 g/mol. The number of allylic oxidation sites excluding steroid dienone is 1. The molecule has 3 rings (SSSR count). The zero-order valence-corrected chi connectivity index (χ0v) is 21.8. The lowest BCUT2D eigenvalue weighted by Gasteiger charge is -2.34. The molecule has 1 aliphatic rings. The molecule has 7 heteroatoms. The summed E-state index contributed by atoms with van der Waals surface area (Å²) in [5.41, 5.74) is 0. The van der Waals surface area contributed by atoms with Crippen molar-refractivity contribution < 1.29 is 22.1 Å². The zero-order chi connectivity index (χ0) is 24.6. The molecule has 1 fully saturated rings. The Morgan fingerprint density at radius 3 is 2.42 bits per heavy atom. The SMILES string of the molecule is C=CC.CCC(C)CCC(C)OC(F)(F)C1CCC(c2cc3ccc(OS)c(F)c3s2)CC1. The molecule has 0 N–H and O–H groups in total. The van der Waals surface area contributed by atoms with Gasteiger partial charge in [0.15, 0.2) is 11.6 Å². The van der Waals surface area contributed by atoms with E-state index in [1.807, 2.05) is 13.0 Å². The van der Waals surface area contributed by atoms with Gasteiger partial charge in [-0.1, -0.05) is 26.3 Å². The molecule has 2 nitrogen and oxygen atoms in total. The van der Waals surface area contributed by atoms with Gasteiger partial charge in [0.05, 0.1) is 16.7 Å². The second-order valence-corrected chi connectivity index (χ2v) is 10.3. The number of benzene rings is 1. The minimum absolute atomic E-state index is 0.0992. The predicted molar refractivity (Wildman–Crippen MR) is 136 cm³/mol. The standard InChI is InChI=1S/C23H31F3O2S2.C3H6/c1-4-14(2)5-6-15(3)27-23(25,26)18-10-7-16(8-11-18)20-13-17-9-12-19(28-29)21(24)22(17)30-20;1-3-2/h9,12-16,18,29H,4-8,10-11H2,1-3H3;3H,1H2,2H3. The minimum atomic E-state index is -3.09. The van der Waals surface area contributed by atoms with Crippen LogP contribution in [-0.4, -0.2) is 12.2 Å². The van der Waals surface area contributed by atoms with E-state index in [0.717, 1.165) is 23.1 Å². The molecule has 0 bridgehead atoms. The van der Waals surface area contributed by atoms with Gasteiger partial charge in [0, 0.05) is 17.8 Å². The van der Waals surface area contributed by atoms with Gasteiger partial charge in [0.1, 0.15) is 0 Å². The second-order valence-electron chi connectivity index (χ2n) is 9.07. The Morgan fingerprint density at radius 1 is 1.21 bits per heavy atom. The minimum Gasteiger partial charge on any atom is -0.426 e. The second kappa shape index (κ2) is 13.1. The van der Waals surface area contributed by atoms with Crippen molar-refractivity contribution in [2.45, 2.75) is 90.8 Å². The molecule has 1 heterocycles. The third kappa shape index (κ3) is 7.66. The maximum absolute atomic E-state index is 14.7. The topological polar surface area (TPSA) is 18.5 Å². The average molecular weight is 503 g/mol. The molecule has 1 aromatic carbocycles. The van der Waals surface area contributed by atoms with E-state index in [4.69, 9.17) is 8.92 Å². The number of rotatable bonds is 9. The molecule has 0 spiro atoms. The molecule has 0 radical (unpaired) electrons. The molecule has 1 saturated carbocycles. The van der Waals surface area contributed by atoms with Crippen LogP contribution in [0.1, 0.15) is 83.4 Å². The first-order valence-corrected chi connectivity index (χ1v) is 13.0. The number of hydrogen-bond donors (Lipinski definition) is 1. The average Bonchev–Trinajstić information content (AvgIpc) is 3.23. The van der Waals surface area contributed by atoms with Gasteiger partial charge >= 0.3 is 6.11 Å². The fourth-order valence-electron chi connectivity index (χ4n) is 4.20. The maximum atomic E-state index is 14.7. The van der Waals surface area contributed by atoms with Crippen molar-refractivity contribution in [1.29, 1.82) is 0 Å². The number of hydrogen-bond acceptors (Lipinski definition) is 4. The molecular formula is C26H37F3O2S2. The molecule has 0 saturated heterocycles. The first-order valence-electron chi connectivity index (χ1n) is 11.8. The van der Waals surface area contributed by atoms with Crippen LogP contribution in [0.4, 0.5) is 13.2 Å². The summed E-state index contributed by atoms with van der Waals surface area (Å²) in [4.78, 5) is 1.05. The van der Waals surface area contributed by atoms with Crippen LogP contribution in [0.25, 0.3) is 10.1 Å². The quantitative estimate of drug-likeness (QED) is 0.209. The normalized spacial score (nSPS) is 20.6. The van der Waals surface area contributed by atoms with Crippen LogP contribution in [-0.2, 0) is 4.74 Å².